The number of ether oxygens (including phenoxy) is 2. The fourth-order valence-corrected chi connectivity index (χ4v) is 2.05. The smallest absolute Gasteiger partial charge is 0.251 e. The van der Waals surface area contributed by atoms with Gasteiger partial charge < -0.3 is 14.8 Å². The summed E-state index contributed by atoms with van der Waals surface area (Å²) in [5.41, 5.74) is 1.69. The largest absolute Gasteiger partial charge is 0.491 e. The van der Waals surface area contributed by atoms with E-state index in [-0.39, 0.29) is 11.9 Å². The minimum Gasteiger partial charge on any atom is -0.491 e. The summed E-state index contributed by atoms with van der Waals surface area (Å²) < 4.78 is 10.4. The van der Waals surface area contributed by atoms with Gasteiger partial charge in [-0.3, -0.25) is 4.79 Å². The van der Waals surface area contributed by atoms with Crippen molar-refractivity contribution >= 4 is 5.91 Å². The van der Waals surface area contributed by atoms with Crippen LogP contribution in [0.1, 0.15) is 28.9 Å². The number of carbonyl (C=O) groups excluding carboxylic acids is 1. The van der Waals surface area contributed by atoms with Crippen LogP contribution in [-0.4, -0.2) is 26.2 Å². The Morgan fingerprint density at radius 1 is 1.05 bits per heavy atom. The molecule has 0 saturated heterocycles. The fraction of sp³-hybridized carbons (Fsp3) is 0.278. The van der Waals surface area contributed by atoms with E-state index in [0.717, 1.165) is 11.3 Å². The molecule has 0 aromatic heterocycles. The molecule has 22 heavy (non-hydrogen) atoms. The second-order valence-electron chi connectivity index (χ2n) is 4.97. The normalized spacial score (nSPS) is 11.7. The molecule has 0 fully saturated rings. The van der Waals surface area contributed by atoms with E-state index in [2.05, 4.69) is 5.32 Å². The Labute approximate surface area is 131 Å². The monoisotopic (exact) mass is 299 g/mol. The molecule has 2 rings (SSSR count). The van der Waals surface area contributed by atoms with Crippen molar-refractivity contribution in [1.82, 2.24) is 5.32 Å². The summed E-state index contributed by atoms with van der Waals surface area (Å²) in [4.78, 5) is 12.2. The molecule has 0 aliphatic rings. The SMILES string of the molecule is COCCOc1ccc(C(=O)N[C@@H](C)c2ccccc2)cc1. The summed E-state index contributed by atoms with van der Waals surface area (Å²) in [7, 11) is 1.63. The van der Waals surface area contributed by atoms with Gasteiger partial charge in [0.1, 0.15) is 12.4 Å². The van der Waals surface area contributed by atoms with Gasteiger partial charge >= 0.3 is 0 Å². The van der Waals surface area contributed by atoms with Crippen LogP contribution in [0.3, 0.4) is 0 Å². The highest BCUT2D eigenvalue weighted by Crippen LogP contribution is 2.15. The minimum absolute atomic E-state index is 0.0358. The third-order valence-corrected chi connectivity index (χ3v) is 3.32. The Hall–Kier alpha value is -2.33. The molecule has 1 N–H and O–H groups in total. The molecule has 0 aliphatic heterocycles. The number of hydrogen-bond donors (Lipinski definition) is 1. The average Bonchev–Trinajstić information content (AvgIpc) is 2.56. The van der Waals surface area contributed by atoms with Gasteiger partial charge in [-0.05, 0) is 36.8 Å². The summed E-state index contributed by atoms with van der Waals surface area (Å²) in [5.74, 6) is 0.629. The molecule has 116 valence electrons. The van der Waals surface area contributed by atoms with E-state index in [0.29, 0.717) is 18.8 Å². The Kier molecular flexibility index (Phi) is 5.98. The van der Waals surface area contributed by atoms with Crippen molar-refractivity contribution in [2.24, 2.45) is 0 Å². The number of hydrogen-bond acceptors (Lipinski definition) is 3. The van der Waals surface area contributed by atoms with E-state index < -0.39 is 0 Å². The lowest BCUT2D eigenvalue weighted by Gasteiger charge is -2.14. The van der Waals surface area contributed by atoms with Crippen molar-refractivity contribution in [3.05, 3.63) is 65.7 Å². The van der Waals surface area contributed by atoms with Crippen LogP contribution in [0.4, 0.5) is 0 Å². The summed E-state index contributed by atoms with van der Waals surface area (Å²) in [6.07, 6.45) is 0. The van der Waals surface area contributed by atoms with Crippen LogP contribution in [-0.2, 0) is 4.74 Å². The van der Waals surface area contributed by atoms with Crippen molar-refractivity contribution in [3.8, 4) is 5.75 Å². The van der Waals surface area contributed by atoms with Gasteiger partial charge in [-0.25, -0.2) is 0 Å². The van der Waals surface area contributed by atoms with Gasteiger partial charge in [-0.2, -0.15) is 0 Å². The zero-order chi connectivity index (χ0) is 15.8. The first-order valence-corrected chi connectivity index (χ1v) is 7.28. The average molecular weight is 299 g/mol. The minimum atomic E-state index is -0.0974. The molecule has 0 spiro atoms. The molecule has 0 bridgehead atoms. The van der Waals surface area contributed by atoms with Crippen molar-refractivity contribution in [2.45, 2.75) is 13.0 Å². The lowest BCUT2D eigenvalue weighted by atomic mass is 10.1. The van der Waals surface area contributed by atoms with Gasteiger partial charge in [0.15, 0.2) is 0 Å². The lowest BCUT2D eigenvalue weighted by Crippen LogP contribution is -2.26. The van der Waals surface area contributed by atoms with E-state index in [4.69, 9.17) is 9.47 Å². The molecule has 0 radical (unpaired) electrons. The number of benzene rings is 2. The number of amides is 1. The van der Waals surface area contributed by atoms with Crippen LogP contribution in [0, 0.1) is 0 Å². The Morgan fingerprint density at radius 2 is 1.73 bits per heavy atom. The van der Waals surface area contributed by atoms with Crippen LogP contribution in [0.5, 0.6) is 5.75 Å². The Bertz CT molecular complexity index is 581. The van der Waals surface area contributed by atoms with Crippen LogP contribution in [0.2, 0.25) is 0 Å². The van der Waals surface area contributed by atoms with Crippen LogP contribution in [0.25, 0.3) is 0 Å². The molecule has 1 amide bonds. The summed E-state index contributed by atoms with van der Waals surface area (Å²) >= 11 is 0. The third kappa shape index (κ3) is 4.60. The van der Waals surface area contributed by atoms with E-state index in [9.17, 15) is 4.79 Å². The summed E-state index contributed by atoms with van der Waals surface area (Å²) in [5, 5.41) is 2.98. The molecule has 0 unspecified atom stereocenters. The summed E-state index contributed by atoms with van der Waals surface area (Å²) in [6, 6.07) is 16.9. The van der Waals surface area contributed by atoms with E-state index >= 15 is 0 Å². The maximum absolute atomic E-state index is 12.2. The van der Waals surface area contributed by atoms with Crippen molar-refractivity contribution < 1.29 is 14.3 Å². The van der Waals surface area contributed by atoms with Crippen LogP contribution in [0.15, 0.2) is 54.6 Å². The first-order chi connectivity index (χ1) is 10.7. The van der Waals surface area contributed by atoms with Crippen LogP contribution >= 0.6 is 0 Å². The second kappa shape index (κ2) is 8.20. The highest BCUT2D eigenvalue weighted by molar-refractivity contribution is 5.94. The lowest BCUT2D eigenvalue weighted by molar-refractivity contribution is 0.0940. The fourth-order valence-electron chi connectivity index (χ4n) is 2.05. The van der Waals surface area contributed by atoms with Crippen molar-refractivity contribution in [1.29, 1.82) is 0 Å². The second-order valence-corrected chi connectivity index (χ2v) is 4.97. The Balaban J connectivity index is 1.92. The predicted molar refractivity (Wildman–Crippen MR) is 86.1 cm³/mol. The van der Waals surface area contributed by atoms with Gasteiger partial charge in [-0.15, -0.1) is 0 Å². The third-order valence-electron chi connectivity index (χ3n) is 3.32. The first kappa shape index (κ1) is 16.0. The molecule has 2 aromatic rings. The summed E-state index contributed by atoms with van der Waals surface area (Å²) in [6.45, 7) is 3.00. The topological polar surface area (TPSA) is 47.6 Å². The highest BCUT2D eigenvalue weighted by Gasteiger charge is 2.11. The number of carbonyl (C=O) groups is 1. The zero-order valence-electron chi connectivity index (χ0n) is 12.9. The van der Waals surface area contributed by atoms with Crippen molar-refractivity contribution in [2.75, 3.05) is 20.3 Å². The Morgan fingerprint density at radius 3 is 2.36 bits per heavy atom. The zero-order valence-corrected chi connectivity index (χ0v) is 12.9. The molecule has 4 nitrogen and oxygen atoms in total. The van der Waals surface area contributed by atoms with Gasteiger partial charge in [0, 0.05) is 12.7 Å². The molecular formula is C18H21NO3. The standard InChI is InChI=1S/C18H21NO3/c1-14(15-6-4-3-5-7-15)19-18(20)16-8-10-17(11-9-16)22-13-12-21-2/h3-11,14H,12-13H2,1-2H3,(H,19,20)/t14-/m0/s1. The molecule has 4 heteroatoms. The van der Waals surface area contributed by atoms with Gasteiger partial charge in [0.05, 0.1) is 12.6 Å². The van der Waals surface area contributed by atoms with Gasteiger partial charge in [0.25, 0.3) is 5.91 Å². The molecule has 0 heterocycles. The maximum atomic E-state index is 12.2. The van der Waals surface area contributed by atoms with Gasteiger partial charge in [-0.1, -0.05) is 30.3 Å². The molecule has 0 saturated carbocycles. The molecule has 0 aliphatic carbocycles. The molecular weight excluding hydrogens is 278 g/mol. The van der Waals surface area contributed by atoms with Crippen LogP contribution < -0.4 is 10.1 Å². The van der Waals surface area contributed by atoms with E-state index in [1.54, 1.807) is 31.4 Å². The number of methoxy groups -OCH3 is 1. The van der Waals surface area contributed by atoms with Gasteiger partial charge in [0.2, 0.25) is 0 Å². The quantitative estimate of drug-likeness (QED) is 0.799. The maximum Gasteiger partial charge on any atom is 0.251 e. The van der Waals surface area contributed by atoms with E-state index in [1.807, 2.05) is 37.3 Å². The molecule has 1 atom stereocenters. The number of rotatable bonds is 7. The first-order valence-electron chi connectivity index (χ1n) is 7.28. The predicted octanol–water partition coefficient (Wildman–Crippen LogP) is 3.20. The highest BCUT2D eigenvalue weighted by atomic mass is 16.5. The number of nitrogens with one attached hydrogen (secondary N) is 1. The van der Waals surface area contributed by atoms with Crippen molar-refractivity contribution in [3.63, 3.8) is 0 Å². The van der Waals surface area contributed by atoms with E-state index in [1.165, 1.54) is 0 Å². The molecule has 2 aromatic carbocycles.